The summed E-state index contributed by atoms with van der Waals surface area (Å²) < 4.78 is 17.0. The molecule has 1 heterocycles. The van der Waals surface area contributed by atoms with Gasteiger partial charge in [0.1, 0.15) is 5.75 Å². The second kappa shape index (κ2) is 13.3. The molecule has 2 fully saturated rings. The lowest BCUT2D eigenvalue weighted by atomic mass is 10.2. The molecule has 8 heteroatoms. The Hall–Kier alpha value is -2.32. The number of carbonyl (C=O) groups excluding carboxylic acids is 1. The van der Waals surface area contributed by atoms with Crippen molar-refractivity contribution in [1.82, 2.24) is 10.6 Å². The molecule has 8 nitrogen and oxygen atoms in total. The normalized spacial score (nSPS) is 18.6. The largest absolute Gasteiger partial charge is 0.491 e. The monoisotopic (exact) mass is 446 g/mol. The van der Waals surface area contributed by atoms with E-state index in [0.717, 1.165) is 50.1 Å². The minimum Gasteiger partial charge on any atom is -0.491 e. The number of ether oxygens (including phenoxy) is 3. The first-order chi connectivity index (χ1) is 15.6. The first-order valence-electron chi connectivity index (χ1n) is 11.9. The Morgan fingerprint density at radius 3 is 2.62 bits per heavy atom. The highest BCUT2D eigenvalue weighted by Gasteiger charge is 2.28. The Bertz CT molecular complexity index is 713. The summed E-state index contributed by atoms with van der Waals surface area (Å²) in [5, 5.41) is 9.59. The Morgan fingerprint density at radius 1 is 1.16 bits per heavy atom. The van der Waals surface area contributed by atoms with Gasteiger partial charge >= 0.3 is 0 Å². The van der Waals surface area contributed by atoms with E-state index in [9.17, 15) is 4.79 Å². The molecule has 0 radical (unpaired) electrons. The van der Waals surface area contributed by atoms with Crippen LogP contribution in [0, 0.1) is 5.92 Å². The molecule has 178 valence electrons. The third kappa shape index (κ3) is 9.44. The number of benzene rings is 1. The van der Waals surface area contributed by atoms with Gasteiger partial charge in [0.05, 0.1) is 18.8 Å². The maximum absolute atomic E-state index is 11.8. The molecule has 1 atom stereocenters. The predicted octanol–water partition coefficient (Wildman–Crippen LogP) is 2.94. The lowest BCUT2D eigenvalue weighted by molar-refractivity contribution is -0.122. The van der Waals surface area contributed by atoms with Gasteiger partial charge in [0, 0.05) is 44.5 Å². The molecule has 1 saturated carbocycles. The zero-order chi connectivity index (χ0) is 22.6. The smallest absolute Gasteiger partial charge is 0.223 e. The third-order valence-electron chi connectivity index (χ3n) is 5.20. The molecule has 1 aliphatic heterocycles. The summed E-state index contributed by atoms with van der Waals surface area (Å²) in [6.07, 6.45) is 5.47. The van der Waals surface area contributed by atoms with Gasteiger partial charge in [-0.15, -0.1) is 0 Å². The maximum Gasteiger partial charge on any atom is 0.223 e. The van der Waals surface area contributed by atoms with Gasteiger partial charge in [-0.2, -0.15) is 0 Å². The number of hydrogen-bond donors (Lipinski definition) is 3. The molecule has 1 saturated heterocycles. The molecule has 0 bridgehead atoms. The van der Waals surface area contributed by atoms with E-state index >= 15 is 0 Å². The number of aliphatic imine (C=N–C) groups is 1. The van der Waals surface area contributed by atoms with Crippen molar-refractivity contribution in [3.63, 3.8) is 0 Å². The molecular weight excluding hydrogens is 408 g/mol. The van der Waals surface area contributed by atoms with Crippen molar-refractivity contribution in [3.8, 4) is 5.75 Å². The van der Waals surface area contributed by atoms with E-state index in [1.807, 2.05) is 38.1 Å². The summed E-state index contributed by atoms with van der Waals surface area (Å²) in [6, 6.07) is 7.81. The standard InChI is InChI=1S/C24H38N4O4/c1-18(2)32-21-10-8-20(9-11-21)28-24(27-14-13-25-23(29)19-6-7-19)26-12-4-15-30-17-22-5-3-16-31-22/h8-11,18-19,22H,3-7,12-17H2,1-2H3,(H,25,29)(H2,26,27,28). The van der Waals surface area contributed by atoms with Gasteiger partial charge in [0.15, 0.2) is 5.96 Å². The molecule has 1 aliphatic carbocycles. The summed E-state index contributed by atoms with van der Waals surface area (Å²) in [5.41, 5.74) is 0.920. The molecule has 1 amide bonds. The second-order valence-electron chi connectivity index (χ2n) is 8.60. The van der Waals surface area contributed by atoms with E-state index in [4.69, 9.17) is 14.2 Å². The SMILES string of the molecule is CC(C)Oc1ccc(NC(=NCCCOCC2CCCO2)NCCNC(=O)C2CC2)cc1. The summed E-state index contributed by atoms with van der Waals surface area (Å²) in [6.45, 7) is 8.01. The molecule has 0 spiro atoms. The number of anilines is 1. The van der Waals surface area contributed by atoms with E-state index < -0.39 is 0 Å². The van der Waals surface area contributed by atoms with Crippen LogP contribution < -0.4 is 20.7 Å². The lowest BCUT2D eigenvalue weighted by Gasteiger charge is -2.14. The maximum atomic E-state index is 11.8. The van der Waals surface area contributed by atoms with Crippen molar-refractivity contribution in [2.75, 3.05) is 44.8 Å². The number of amides is 1. The van der Waals surface area contributed by atoms with Gasteiger partial charge in [-0.3, -0.25) is 9.79 Å². The van der Waals surface area contributed by atoms with Crippen LogP contribution in [0.1, 0.15) is 46.0 Å². The fourth-order valence-corrected chi connectivity index (χ4v) is 3.37. The van der Waals surface area contributed by atoms with Crippen LogP contribution in [-0.2, 0) is 14.3 Å². The Morgan fingerprint density at radius 2 is 1.94 bits per heavy atom. The van der Waals surface area contributed by atoms with Crippen molar-refractivity contribution in [2.24, 2.45) is 10.9 Å². The van der Waals surface area contributed by atoms with Crippen LogP contribution >= 0.6 is 0 Å². The summed E-state index contributed by atoms with van der Waals surface area (Å²) in [7, 11) is 0. The van der Waals surface area contributed by atoms with Crippen molar-refractivity contribution in [2.45, 2.75) is 58.2 Å². The van der Waals surface area contributed by atoms with Crippen LogP contribution in [0.25, 0.3) is 0 Å². The molecule has 32 heavy (non-hydrogen) atoms. The number of guanidine groups is 1. The summed E-state index contributed by atoms with van der Waals surface area (Å²) in [4.78, 5) is 16.5. The average molecular weight is 447 g/mol. The first-order valence-corrected chi connectivity index (χ1v) is 11.9. The van der Waals surface area contributed by atoms with E-state index in [1.165, 1.54) is 0 Å². The van der Waals surface area contributed by atoms with Gasteiger partial charge in [0.25, 0.3) is 0 Å². The number of carbonyl (C=O) groups is 1. The van der Waals surface area contributed by atoms with Crippen molar-refractivity contribution < 1.29 is 19.0 Å². The molecule has 3 rings (SSSR count). The molecule has 3 N–H and O–H groups in total. The summed E-state index contributed by atoms with van der Waals surface area (Å²) >= 11 is 0. The Balaban J connectivity index is 1.42. The second-order valence-corrected chi connectivity index (χ2v) is 8.60. The molecule has 1 unspecified atom stereocenters. The van der Waals surface area contributed by atoms with Crippen LogP contribution in [-0.4, -0.2) is 63.5 Å². The average Bonchev–Trinajstić information content (AvgIpc) is 3.50. The zero-order valence-electron chi connectivity index (χ0n) is 19.4. The summed E-state index contributed by atoms with van der Waals surface area (Å²) in [5.74, 6) is 1.90. The lowest BCUT2D eigenvalue weighted by Crippen LogP contribution is -2.38. The Kier molecular flexibility index (Phi) is 10.1. The van der Waals surface area contributed by atoms with Gasteiger partial charge in [-0.1, -0.05) is 0 Å². The van der Waals surface area contributed by atoms with Crippen LogP contribution in [0.2, 0.25) is 0 Å². The molecule has 0 aromatic heterocycles. The minimum atomic E-state index is 0.140. The van der Waals surface area contributed by atoms with Gasteiger partial charge in [-0.25, -0.2) is 0 Å². The number of hydrogen-bond acceptors (Lipinski definition) is 5. The molecule has 1 aromatic rings. The predicted molar refractivity (Wildman–Crippen MR) is 126 cm³/mol. The van der Waals surface area contributed by atoms with Crippen molar-refractivity contribution in [1.29, 1.82) is 0 Å². The fourth-order valence-electron chi connectivity index (χ4n) is 3.37. The molecular formula is C24H38N4O4. The minimum absolute atomic E-state index is 0.140. The molecule has 2 aliphatic rings. The quantitative estimate of drug-likeness (QED) is 0.245. The van der Waals surface area contributed by atoms with Crippen molar-refractivity contribution >= 4 is 17.6 Å². The first kappa shape index (κ1) is 24.3. The zero-order valence-corrected chi connectivity index (χ0v) is 19.4. The number of nitrogens with zero attached hydrogens (tertiary/aromatic N) is 1. The van der Waals surface area contributed by atoms with Gasteiger partial charge in [0.2, 0.25) is 5.91 Å². The van der Waals surface area contributed by atoms with Crippen LogP contribution in [0.15, 0.2) is 29.3 Å². The van der Waals surface area contributed by atoms with E-state index in [2.05, 4.69) is 20.9 Å². The van der Waals surface area contributed by atoms with Crippen LogP contribution in [0.5, 0.6) is 5.75 Å². The van der Waals surface area contributed by atoms with E-state index in [-0.39, 0.29) is 24.0 Å². The van der Waals surface area contributed by atoms with E-state index in [1.54, 1.807) is 0 Å². The fraction of sp³-hybridized carbons (Fsp3) is 0.667. The topological polar surface area (TPSA) is 93.2 Å². The van der Waals surface area contributed by atoms with E-state index in [0.29, 0.717) is 38.8 Å². The number of nitrogens with one attached hydrogen (secondary N) is 3. The number of rotatable bonds is 13. The van der Waals surface area contributed by atoms with Crippen LogP contribution in [0.3, 0.4) is 0 Å². The highest BCUT2D eigenvalue weighted by Crippen LogP contribution is 2.28. The van der Waals surface area contributed by atoms with Gasteiger partial charge in [-0.05, 0) is 70.2 Å². The van der Waals surface area contributed by atoms with Crippen LogP contribution in [0.4, 0.5) is 5.69 Å². The van der Waals surface area contributed by atoms with Gasteiger partial charge < -0.3 is 30.2 Å². The van der Waals surface area contributed by atoms with Crippen molar-refractivity contribution in [3.05, 3.63) is 24.3 Å². The third-order valence-corrected chi connectivity index (χ3v) is 5.20. The highest BCUT2D eigenvalue weighted by atomic mass is 16.5. The molecule has 1 aromatic carbocycles. The Labute approximate surface area is 191 Å². The highest BCUT2D eigenvalue weighted by molar-refractivity contribution is 5.93.